The van der Waals surface area contributed by atoms with Crippen LogP contribution in [0.25, 0.3) is 11.3 Å². The van der Waals surface area contributed by atoms with Crippen molar-refractivity contribution in [1.29, 1.82) is 0 Å². The fraction of sp³-hybridized carbons (Fsp3) is 0.0870. The maximum atomic E-state index is 12.2. The Labute approximate surface area is 182 Å². The first-order valence-electron chi connectivity index (χ1n) is 9.91. The van der Waals surface area contributed by atoms with Crippen LogP contribution in [-0.2, 0) is 11.3 Å². The molecule has 32 heavy (non-hydrogen) atoms. The number of benzene rings is 2. The Hall–Kier alpha value is -4.53. The summed E-state index contributed by atoms with van der Waals surface area (Å²) in [6.45, 7) is 0.165. The van der Waals surface area contributed by atoms with Crippen molar-refractivity contribution >= 4 is 23.1 Å². The van der Waals surface area contributed by atoms with Crippen LogP contribution in [0.1, 0.15) is 6.42 Å². The molecule has 4 rings (SSSR count). The van der Waals surface area contributed by atoms with Crippen LogP contribution in [0.5, 0.6) is 0 Å². The summed E-state index contributed by atoms with van der Waals surface area (Å²) in [4.78, 5) is 45.6. The van der Waals surface area contributed by atoms with Gasteiger partial charge in [0, 0.05) is 48.2 Å². The van der Waals surface area contributed by atoms with Crippen LogP contribution in [0.3, 0.4) is 0 Å². The first-order chi connectivity index (χ1) is 15.6. The molecule has 0 radical (unpaired) electrons. The number of hydrogen-bond acceptors (Lipinski definition) is 6. The van der Waals surface area contributed by atoms with Gasteiger partial charge in [-0.05, 0) is 24.3 Å². The Bertz CT molecular complexity index is 1330. The van der Waals surface area contributed by atoms with E-state index in [1.165, 1.54) is 23.2 Å². The van der Waals surface area contributed by atoms with Gasteiger partial charge in [0.2, 0.25) is 5.91 Å². The minimum atomic E-state index is -0.541. The molecule has 9 nitrogen and oxygen atoms in total. The van der Waals surface area contributed by atoms with Gasteiger partial charge in [-0.2, -0.15) is 0 Å². The van der Waals surface area contributed by atoms with E-state index in [0.29, 0.717) is 11.5 Å². The number of anilines is 3. The molecule has 2 heterocycles. The number of aryl methyl sites for hydroxylation is 1. The number of H-pyrrole nitrogens is 1. The van der Waals surface area contributed by atoms with Gasteiger partial charge in [-0.3, -0.25) is 14.6 Å². The van der Waals surface area contributed by atoms with Gasteiger partial charge in [-0.25, -0.2) is 14.8 Å². The highest BCUT2D eigenvalue weighted by Gasteiger charge is 2.06. The Kier molecular flexibility index (Phi) is 6.17. The van der Waals surface area contributed by atoms with Gasteiger partial charge >= 0.3 is 5.69 Å². The smallest absolute Gasteiger partial charge is 0.328 e. The Morgan fingerprint density at radius 2 is 1.69 bits per heavy atom. The van der Waals surface area contributed by atoms with E-state index in [0.717, 1.165) is 16.9 Å². The van der Waals surface area contributed by atoms with Crippen LogP contribution >= 0.6 is 0 Å². The van der Waals surface area contributed by atoms with Crippen LogP contribution in [-0.4, -0.2) is 25.4 Å². The number of amides is 1. The zero-order valence-electron chi connectivity index (χ0n) is 17.0. The number of rotatable bonds is 7. The lowest BCUT2D eigenvalue weighted by Crippen LogP contribution is -2.29. The van der Waals surface area contributed by atoms with Gasteiger partial charge in [0.1, 0.15) is 12.1 Å². The largest absolute Gasteiger partial charge is 0.340 e. The predicted molar refractivity (Wildman–Crippen MR) is 122 cm³/mol. The van der Waals surface area contributed by atoms with E-state index in [-0.39, 0.29) is 18.9 Å². The molecule has 0 fully saturated rings. The van der Waals surface area contributed by atoms with Crippen LogP contribution in [0, 0.1) is 0 Å². The zero-order valence-corrected chi connectivity index (χ0v) is 17.0. The van der Waals surface area contributed by atoms with E-state index in [2.05, 4.69) is 25.6 Å². The van der Waals surface area contributed by atoms with Gasteiger partial charge in [0.15, 0.2) is 0 Å². The number of nitrogens with one attached hydrogen (secondary N) is 3. The molecule has 2 aromatic carbocycles. The molecule has 1 amide bonds. The highest BCUT2D eigenvalue weighted by Crippen LogP contribution is 2.21. The van der Waals surface area contributed by atoms with E-state index in [9.17, 15) is 14.4 Å². The van der Waals surface area contributed by atoms with E-state index >= 15 is 0 Å². The number of carbonyl (C=O) groups is 1. The van der Waals surface area contributed by atoms with Crippen molar-refractivity contribution in [3.8, 4) is 11.3 Å². The number of carbonyl (C=O) groups excluding carboxylic acids is 1. The van der Waals surface area contributed by atoms with Crippen molar-refractivity contribution in [2.75, 3.05) is 10.6 Å². The van der Waals surface area contributed by atoms with Crippen molar-refractivity contribution in [3.05, 3.63) is 100 Å². The summed E-state index contributed by atoms with van der Waals surface area (Å²) in [5.41, 5.74) is 2.24. The second kappa shape index (κ2) is 9.52. The number of aromatic amines is 1. The van der Waals surface area contributed by atoms with Crippen LogP contribution < -0.4 is 21.9 Å². The summed E-state index contributed by atoms with van der Waals surface area (Å²) in [6, 6.07) is 20.1. The summed E-state index contributed by atoms with van der Waals surface area (Å²) in [7, 11) is 0. The van der Waals surface area contributed by atoms with Crippen molar-refractivity contribution < 1.29 is 4.79 Å². The Balaban J connectivity index is 1.34. The van der Waals surface area contributed by atoms with Crippen LogP contribution in [0.15, 0.2) is 88.8 Å². The molecule has 0 aliphatic rings. The van der Waals surface area contributed by atoms with E-state index in [1.54, 1.807) is 12.1 Å². The van der Waals surface area contributed by atoms with Crippen LogP contribution in [0.2, 0.25) is 0 Å². The SMILES string of the molecule is O=C(CCn1ccc(=O)[nH]c1=O)Nc1ccc(Nc2cc(-c3ccccc3)ncn2)cc1. The molecule has 0 unspecified atom stereocenters. The van der Waals surface area contributed by atoms with Crippen molar-refractivity contribution in [2.24, 2.45) is 0 Å². The van der Waals surface area contributed by atoms with Crippen molar-refractivity contribution in [2.45, 2.75) is 13.0 Å². The lowest BCUT2D eigenvalue weighted by molar-refractivity contribution is -0.116. The molecule has 2 aromatic heterocycles. The molecular weight excluding hydrogens is 408 g/mol. The topological polar surface area (TPSA) is 122 Å². The van der Waals surface area contributed by atoms with Gasteiger partial charge in [0.25, 0.3) is 5.56 Å². The van der Waals surface area contributed by atoms with E-state index in [1.807, 2.05) is 48.5 Å². The third-order valence-corrected chi connectivity index (χ3v) is 4.65. The molecule has 0 saturated carbocycles. The van der Waals surface area contributed by atoms with Gasteiger partial charge < -0.3 is 15.2 Å². The number of aromatic nitrogens is 4. The molecule has 3 N–H and O–H groups in total. The second-order valence-electron chi connectivity index (χ2n) is 6.96. The summed E-state index contributed by atoms with van der Waals surface area (Å²) in [6.07, 6.45) is 2.97. The maximum Gasteiger partial charge on any atom is 0.328 e. The minimum Gasteiger partial charge on any atom is -0.340 e. The third kappa shape index (κ3) is 5.33. The average Bonchev–Trinajstić information content (AvgIpc) is 2.81. The summed E-state index contributed by atoms with van der Waals surface area (Å²) in [5, 5.41) is 6.01. The standard InChI is InChI=1S/C23H20N6O3/c30-21(10-12-29-13-11-22(31)28-23(29)32)27-18-8-6-17(7-9-18)26-20-14-19(24-15-25-20)16-4-2-1-3-5-16/h1-9,11,13-15H,10,12H2,(H,27,30)(H,24,25,26)(H,28,31,32). The zero-order chi connectivity index (χ0) is 22.3. The molecular formula is C23H20N6O3. The van der Waals surface area contributed by atoms with Crippen molar-refractivity contribution in [3.63, 3.8) is 0 Å². The fourth-order valence-corrected chi connectivity index (χ4v) is 3.04. The quantitative estimate of drug-likeness (QED) is 0.416. The first kappa shape index (κ1) is 20.7. The predicted octanol–water partition coefficient (Wildman–Crippen LogP) is 2.77. The first-order valence-corrected chi connectivity index (χ1v) is 9.91. The van der Waals surface area contributed by atoms with Gasteiger partial charge in [-0.15, -0.1) is 0 Å². The van der Waals surface area contributed by atoms with Gasteiger partial charge in [0.05, 0.1) is 5.69 Å². The fourth-order valence-electron chi connectivity index (χ4n) is 3.04. The Morgan fingerprint density at radius 3 is 2.44 bits per heavy atom. The Morgan fingerprint density at radius 1 is 0.938 bits per heavy atom. The van der Waals surface area contributed by atoms with Crippen LogP contribution in [0.4, 0.5) is 17.2 Å². The summed E-state index contributed by atoms with van der Waals surface area (Å²) >= 11 is 0. The van der Waals surface area contributed by atoms with E-state index in [4.69, 9.17) is 0 Å². The second-order valence-corrected chi connectivity index (χ2v) is 6.96. The minimum absolute atomic E-state index is 0.0924. The molecule has 0 spiro atoms. The lowest BCUT2D eigenvalue weighted by atomic mass is 10.1. The highest BCUT2D eigenvalue weighted by atomic mass is 16.2. The summed E-state index contributed by atoms with van der Waals surface area (Å²) in [5.74, 6) is 0.411. The molecule has 0 saturated heterocycles. The lowest BCUT2D eigenvalue weighted by Gasteiger charge is -2.09. The summed E-state index contributed by atoms with van der Waals surface area (Å²) < 4.78 is 1.28. The number of nitrogens with zero attached hydrogens (tertiary/aromatic N) is 3. The molecule has 0 aliphatic heterocycles. The molecule has 0 atom stereocenters. The van der Waals surface area contributed by atoms with Crippen molar-refractivity contribution in [1.82, 2.24) is 19.5 Å². The average molecular weight is 428 g/mol. The highest BCUT2D eigenvalue weighted by molar-refractivity contribution is 5.90. The number of hydrogen-bond donors (Lipinski definition) is 3. The van der Waals surface area contributed by atoms with Gasteiger partial charge in [-0.1, -0.05) is 30.3 Å². The molecule has 0 bridgehead atoms. The monoisotopic (exact) mass is 428 g/mol. The molecule has 9 heteroatoms. The molecule has 0 aliphatic carbocycles. The normalized spacial score (nSPS) is 10.5. The molecule has 160 valence electrons. The maximum absolute atomic E-state index is 12.2. The third-order valence-electron chi connectivity index (χ3n) is 4.65. The van der Waals surface area contributed by atoms with E-state index < -0.39 is 11.2 Å². The molecule has 4 aromatic rings.